The van der Waals surface area contributed by atoms with Crippen molar-refractivity contribution in [1.82, 2.24) is 5.32 Å². The summed E-state index contributed by atoms with van der Waals surface area (Å²) in [5.74, 6) is -0.357. The van der Waals surface area contributed by atoms with Crippen LogP contribution in [0.15, 0.2) is 47.4 Å². The molecule has 0 radical (unpaired) electrons. The zero-order valence-electron chi connectivity index (χ0n) is 13.7. The average molecular weight is 401 g/mol. The van der Waals surface area contributed by atoms with E-state index in [0.29, 0.717) is 0 Å². The molecular formula is C17H18Cl2N2O3S. The van der Waals surface area contributed by atoms with Crippen LogP contribution in [0.25, 0.3) is 0 Å². The molecule has 0 spiro atoms. The van der Waals surface area contributed by atoms with Gasteiger partial charge in [-0.1, -0.05) is 48.3 Å². The number of sulfonamides is 1. The molecule has 1 atom stereocenters. The highest BCUT2D eigenvalue weighted by atomic mass is 35.5. The van der Waals surface area contributed by atoms with Crippen LogP contribution >= 0.6 is 23.2 Å². The number of carbonyl (C=O) groups excluding carboxylic acids is 1. The maximum atomic E-state index is 12.6. The first-order valence-electron chi connectivity index (χ1n) is 7.63. The van der Waals surface area contributed by atoms with Gasteiger partial charge in [-0.15, -0.1) is 0 Å². The normalized spacial score (nSPS) is 12.5. The predicted octanol–water partition coefficient (Wildman–Crippen LogP) is 4.32. The Hall–Kier alpha value is -1.76. The number of hydrogen-bond acceptors (Lipinski definition) is 3. The lowest BCUT2D eigenvalue weighted by molar-refractivity contribution is 0.0940. The first kappa shape index (κ1) is 19.6. The number of hydrogen-bond donors (Lipinski definition) is 2. The molecule has 0 fully saturated rings. The summed E-state index contributed by atoms with van der Waals surface area (Å²) in [7, 11) is -4.00. The Morgan fingerprint density at radius 1 is 1.12 bits per heavy atom. The van der Waals surface area contributed by atoms with Crippen molar-refractivity contribution in [2.24, 2.45) is 0 Å². The van der Waals surface area contributed by atoms with Gasteiger partial charge < -0.3 is 5.32 Å². The molecule has 0 aliphatic rings. The summed E-state index contributed by atoms with van der Waals surface area (Å²) in [5.41, 5.74) is 0.392. The van der Waals surface area contributed by atoms with E-state index in [0.717, 1.165) is 6.42 Å². The second kappa shape index (κ2) is 8.08. The maximum Gasteiger partial charge on any atom is 0.263 e. The lowest BCUT2D eigenvalue weighted by atomic mass is 10.1. The molecule has 0 unspecified atom stereocenters. The van der Waals surface area contributed by atoms with E-state index < -0.39 is 10.0 Å². The molecule has 0 saturated heterocycles. The van der Waals surface area contributed by atoms with Crippen LogP contribution in [-0.2, 0) is 10.0 Å². The zero-order chi connectivity index (χ0) is 18.6. The van der Waals surface area contributed by atoms with Crippen LogP contribution in [0, 0.1) is 0 Å². The molecular weight excluding hydrogens is 383 g/mol. The maximum absolute atomic E-state index is 12.6. The Morgan fingerprint density at radius 2 is 1.80 bits per heavy atom. The molecule has 2 rings (SSSR count). The number of halogens is 2. The third-order valence-electron chi connectivity index (χ3n) is 3.61. The van der Waals surface area contributed by atoms with E-state index in [1.54, 1.807) is 18.2 Å². The standard InChI is InChI=1S/C17H18Cl2N2O3S/c1-3-11(2)20-17(22)12-7-4-5-9-14(12)21-25(23,24)15-10-6-8-13(18)16(15)19/h4-11,21H,3H2,1-2H3,(H,20,22)/t11-/m1/s1. The van der Waals surface area contributed by atoms with Crippen molar-refractivity contribution in [3.05, 3.63) is 58.1 Å². The number of rotatable bonds is 6. The molecule has 2 N–H and O–H groups in total. The number of para-hydroxylation sites is 1. The molecule has 0 bridgehead atoms. The van der Waals surface area contributed by atoms with Crippen molar-refractivity contribution >= 4 is 44.8 Å². The summed E-state index contributed by atoms with van der Waals surface area (Å²) in [6, 6.07) is 10.7. The number of amides is 1. The molecule has 25 heavy (non-hydrogen) atoms. The van der Waals surface area contributed by atoms with Gasteiger partial charge in [0.2, 0.25) is 0 Å². The molecule has 2 aromatic rings. The Labute approximate surface area is 157 Å². The monoisotopic (exact) mass is 400 g/mol. The van der Waals surface area contributed by atoms with E-state index in [-0.39, 0.29) is 38.1 Å². The SMILES string of the molecule is CC[C@@H](C)NC(=O)c1ccccc1NS(=O)(=O)c1cccc(Cl)c1Cl. The molecule has 0 heterocycles. The minimum atomic E-state index is -4.00. The fourth-order valence-electron chi connectivity index (χ4n) is 2.07. The van der Waals surface area contributed by atoms with E-state index >= 15 is 0 Å². The summed E-state index contributed by atoms with van der Waals surface area (Å²) >= 11 is 11.9. The Bertz CT molecular complexity index is 885. The first-order valence-corrected chi connectivity index (χ1v) is 9.87. The third-order valence-corrected chi connectivity index (χ3v) is 5.95. The predicted molar refractivity (Wildman–Crippen MR) is 101 cm³/mol. The molecule has 0 saturated carbocycles. The van der Waals surface area contributed by atoms with E-state index in [4.69, 9.17) is 23.2 Å². The zero-order valence-corrected chi connectivity index (χ0v) is 16.0. The molecule has 0 aliphatic carbocycles. The molecule has 2 aromatic carbocycles. The van der Waals surface area contributed by atoms with E-state index in [1.807, 2.05) is 13.8 Å². The third kappa shape index (κ3) is 4.66. The Balaban J connectivity index is 2.37. The van der Waals surface area contributed by atoms with Gasteiger partial charge in [-0.05, 0) is 37.6 Å². The smallest absolute Gasteiger partial charge is 0.263 e. The Kier molecular flexibility index (Phi) is 6.32. The van der Waals surface area contributed by atoms with Crippen molar-refractivity contribution in [3.63, 3.8) is 0 Å². The number of carbonyl (C=O) groups is 1. The number of nitrogens with one attached hydrogen (secondary N) is 2. The first-order chi connectivity index (χ1) is 11.8. The van der Waals surface area contributed by atoms with E-state index in [9.17, 15) is 13.2 Å². The van der Waals surface area contributed by atoms with Crippen molar-refractivity contribution in [2.75, 3.05) is 4.72 Å². The highest BCUT2D eigenvalue weighted by Gasteiger charge is 2.22. The summed E-state index contributed by atoms with van der Waals surface area (Å²) in [6.07, 6.45) is 0.762. The quantitative estimate of drug-likeness (QED) is 0.757. The topological polar surface area (TPSA) is 75.3 Å². The lowest BCUT2D eigenvalue weighted by Gasteiger charge is -2.16. The van der Waals surface area contributed by atoms with Gasteiger partial charge in [0.25, 0.3) is 15.9 Å². The highest BCUT2D eigenvalue weighted by Crippen LogP contribution is 2.30. The van der Waals surface area contributed by atoms with Crippen LogP contribution in [-0.4, -0.2) is 20.4 Å². The van der Waals surface area contributed by atoms with Crippen LogP contribution < -0.4 is 10.0 Å². The van der Waals surface area contributed by atoms with Crippen LogP contribution in [0.2, 0.25) is 10.0 Å². The number of benzene rings is 2. The summed E-state index contributed by atoms with van der Waals surface area (Å²) in [6.45, 7) is 3.82. The van der Waals surface area contributed by atoms with Crippen molar-refractivity contribution < 1.29 is 13.2 Å². The fraction of sp³-hybridized carbons (Fsp3) is 0.235. The van der Waals surface area contributed by atoms with Gasteiger partial charge in [-0.2, -0.15) is 0 Å². The molecule has 1 amide bonds. The second-order valence-electron chi connectivity index (χ2n) is 5.49. The van der Waals surface area contributed by atoms with Crippen LogP contribution in [0.5, 0.6) is 0 Å². The highest BCUT2D eigenvalue weighted by molar-refractivity contribution is 7.92. The van der Waals surface area contributed by atoms with Gasteiger partial charge >= 0.3 is 0 Å². The average Bonchev–Trinajstić information content (AvgIpc) is 2.57. The van der Waals surface area contributed by atoms with Gasteiger partial charge in [-0.25, -0.2) is 8.42 Å². The fourth-order valence-corrected chi connectivity index (χ4v) is 3.91. The van der Waals surface area contributed by atoms with Gasteiger partial charge in [0.05, 0.1) is 21.3 Å². The van der Waals surface area contributed by atoms with Crippen LogP contribution in [0.1, 0.15) is 30.6 Å². The van der Waals surface area contributed by atoms with Gasteiger partial charge in [0.15, 0.2) is 0 Å². The van der Waals surface area contributed by atoms with Crippen molar-refractivity contribution in [2.45, 2.75) is 31.2 Å². The number of anilines is 1. The molecule has 5 nitrogen and oxygen atoms in total. The molecule has 134 valence electrons. The van der Waals surface area contributed by atoms with Gasteiger partial charge in [-0.3, -0.25) is 9.52 Å². The molecule has 8 heteroatoms. The molecule has 0 aliphatic heterocycles. The minimum absolute atomic E-state index is 0.0282. The van der Waals surface area contributed by atoms with Crippen LogP contribution in [0.3, 0.4) is 0 Å². The lowest BCUT2D eigenvalue weighted by Crippen LogP contribution is -2.32. The van der Waals surface area contributed by atoms with Crippen molar-refractivity contribution in [1.29, 1.82) is 0 Å². The van der Waals surface area contributed by atoms with Crippen LogP contribution in [0.4, 0.5) is 5.69 Å². The second-order valence-corrected chi connectivity index (χ2v) is 7.92. The van der Waals surface area contributed by atoms with Gasteiger partial charge in [0, 0.05) is 6.04 Å². The van der Waals surface area contributed by atoms with E-state index in [1.165, 1.54) is 24.3 Å². The summed E-state index contributed by atoms with van der Waals surface area (Å²) < 4.78 is 27.7. The van der Waals surface area contributed by atoms with E-state index in [2.05, 4.69) is 10.0 Å². The Morgan fingerprint density at radius 3 is 2.48 bits per heavy atom. The van der Waals surface area contributed by atoms with Crippen molar-refractivity contribution in [3.8, 4) is 0 Å². The van der Waals surface area contributed by atoms with Gasteiger partial charge in [0.1, 0.15) is 4.90 Å². The minimum Gasteiger partial charge on any atom is -0.350 e. The summed E-state index contributed by atoms with van der Waals surface area (Å²) in [4.78, 5) is 12.2. The largest absolute Gasteiger partial charge is 0.350 e. The summed E-state index contributed by atoms with van der Waals surface area (Å²) in [5, 5.41) is 2.87. The molecule has 0 aromatic heterocycles.